The maximum atomic E-state index is 12.0. The largest absolute Gasteiger partial charge is 0.494 e. The summed E-state index contributed by atoms with van der Waals surface area (Å²) in [5, 5.41) is 12.2. The summed E-state index contributed by atoms with van der Waals surface area (Å²) < 4.78 is 9.39. The van der Waals surface area contributed by atoms with Gasteiger partial charge < -0.3 is 4.74 Å². The summed E-state index contributed by atoms with van der Waals surface area (Å²) in [5.74, 6) is 1.01. The summed E-state index contributed by atoms with van der Waals surface area (Å²) in [6.45, 7) is 0. The number of ether oxygens (including phenoxy) is 1. The van der Waals surface area contributed by atoms with E-state index in [4.69, 9.17) is 4.74 Å². The predicted molar refractivity (Wildman–Crippen MR) is 92.2 cm³/mol. The number of tetrazole rings is 1. The van der Waals surface area contributed by atoms with Crippen LogP contribution in [-0.4, -0.2) is 36.5 Å². The Balaban J connectivity index is 1.91. The van der Waals surface area contributed by atoms with Gasteiger partial charge in [0.1, 0.15) is 11.4 Å². The number of aromatic nitrogens is 6. The molecule has 0 spiro atoms. The van der Waals surface area contributed by atoms with Crippen LogP contribution in [0.1, 0.15) is 5.69 Å². The molecule has 0 amide bonds. The third-order valence-corrected chi connectivity index (χ3v) is 4.68. The first kappa shape index (κ1) is 17.0. The standard InChI is InChI=1S/C15H16N6O3S/c1-19-10(8-13(22)20(2)15(19)23)9-25-14-16-17-18-21(14)11-6-4-5-7-12(11)24-3/h4-8H,9H2,1-3H3. The molecule has 0 aliphatic carbocycles. The van der Waals surface area contributed by atoms with Crippen LogP contribution < -0.4 is 16.0 Å². The number of thioether (sulfide) groups is 1. The third-order valence-electron chi connectivity index (χ3n) is 3.73. The lowest BCUT2D eigenvalue weighted by Crippen LogP contribution is -2.37. The van der Waals surface area contributed by atoms with Crippen molar-refractivity contribution in [3.8, 4) is 11.4 Å². The van der Waals surface area contributed by atoms with Gasteiger partial charge in [0, 0.05) is 31.6 Å². The summed E-state index contributed by atoms with van der Waals surface area (Å²) in [4.78, 5) is 23.8. The van der Waals surface area contributed by atoms with Crippen LogP contribution in [0.4, 0.5) is 0 Å². The van der Waals surface area contributed by atoms with Crippen LogP contribution in [0.25, 0.3) is 5.69 Å². The van der Waals surface area contributed by atoms with Crippen molar-refractivity contribution in [2.75, 3.05) is 7.11 Å². The number of hydrogen-bond acceptors (Lipinski definition) is 7. The number of methoxy groups -OCH3 is 1. The molecule has 0 aliphatic rings. The Bertz CT molecular complexity index is 1020. The summed E-state index contributed by atoms with van der Waals surface area (Å²) in [5.41, 5.74) is 0.582. The van der Waals surface area contributed by atoms with Gasteiger partial charge in [-0.25, -0.2) is 4.79 Å². The van der Waals surface area contributed by atoms with Crippen molar-refractivity contribution in [2.24, 2.45) is 14.1 Å². The van der Waals surface area contributed by atoms with Crippen LogP contribution in [0.15, 0.2) is 45.1 Å². The molecule has 3 rings (SSSR count). The van der Waals surface area contributed by atoms with Gasteiger partial charge in [-0.1, -0.05) is 23.9 Å². The van der Waals surface area contributed by atoms with Gasteiger partial charge in [-0.2, -0.15) is 4.68 Å². The molecular formula is C15H16N6O3S. The lowest BCUT2D eigenvalue weighted by molar-refractivity contribution is 0.410. The Kier molecular flexibility index (Phi) is 4.70. The molecule has 0 unspecified atom stereocenters. The van der Waals surface area contributed by atoms with Gasteiger partial charge in [-0.05, 0) is 22.6 Å². The van der Waals surface area contributed by atoms with Crippen LogP contribution in [0, 0.1) is 0 Å². The number of rotatable bonds is 5. The van der Waals surface area contributed by atoms with Crippen molar-refractivity contribution in [3.63, 3.8) is 0 Å². The Labute approximate surface area is 146 Å². The minimum absolute atomic E-state index is 0.344. The summed E-state index contributed by atoms with van der Waals surface area (Å²) >= 11 is 1.32. The average Bonchev–Trinajstić information content (AvgIpc) is 3.10. The quantitative estimate of drug-likeness (QED) is 0.606. The molecule has 10 heteroatoms. The highest BCUT2D eigenvalue weighted by Gasteiger charge is 2.14. The van der Waals surface area contributed by atoms with Gasteiger partial charge in [0.2, 0.25) is 5.16 Å². The number of nitrogens with zero attached hydrogens (tertiary/aromatic N) is 6. The van der Waals surface area contributed by atoms with Gasteiger partial charge >= 0.3 is 5.69 Å². The second kappa shape index (κ2) is 6.93. The van der Waals surface area contributed by atoms with Gasteiger partial charge in [-0.3, -0.25) is 13.9 Å². The third kappa shape index (κ3) is 3.20. The van der Waals surface area contributed by atoms with Crippen molar-refractivity contribution in [1.29, 1.82) is 0 Å². The molecular weight excluding hydrogens is 344 g/mol. The predicted octanol–water partition coefficient (Wildman–Crippen LogP) is 0.361. The van der Waals surface area contributed by atoms with E-state index in [2.05, 4.69) is 15.5 Å². The average molecular weight is 360 g/mol. The highest BCUT2D eigenvalue weighted by molar-refractivity contribution is 7.98. The zero-order valence-corrected chi connectivity index (χ0v) is 14.7. The molecule has 3 aromatic rings. The fourth-order valence-electron chi connectivity index (χ4n) is 2.28. The molecule has 2 heterocycles. The Morgan fingerprint density at radius 3 is 2.68 bits per heavy atom. The van der Waals surface area contributed by atoms with Gasteiger partial charge in [0.15, 0.2) is 0 Å². The zero-order chi connectivity index (χ0) is 18.0. The van der Waals surface area contributed by atoms with Crippen LogP contribution in [0.5, 0.6) is 5.75 Å². The number of benzene rings is 1. The number of para-hydroxylation sites is 2. The molecule has 1 aromatic carbocycles. The van der Waals surface area contributed by atoms with Crippen molar-refractivity contribution in [3.05, 3.63) is 56.9 Å². The Morgan fingerprint density at radius 2 is 1.92 bits per heavy atom. The topological polar surface area (TPSA) is 96.8 Å². The van der Waals surface area contributed by atoms with E-state index in [1.807, 2.05) is 24.3 Å². The van der Waals surface area contributed by atoms with Crippen molar-refractivity contribution >= 4 is 11.8 Å². The lowest BCUT2D eigenvalue weighted by Gasteiger charge is -2.10. The highest BCUT2D eigenvalue weighted by Crippen LogP contribution is 2.26. The SMILES string of the molecule is COc1ccccc1-n1nnnc1SCc1cc(=O)n(C)c(=O)n1C. The van der Waals surface area contributed by atoms with E-state index in [0.29, 0.717) is 28.0 Å². The van der Waals surface area contributed by atoms with Crippen LogP contribution in [0.2, 0.25) is 0 Å². The molecule has 0 N–H and O–H groups in total. The summed E-state index contributed by atoms with van der Waals surface area (Å²) in [6, 6.07) is 8.81. The molecule has 0 atom stereocenters. The summed E-state index contributed by atoms with van der Waals surface area (Å²) in [7, 11) is 4.65. The van der Waals surface area contributed by atoms with Crippen molar-refractivity contribution in [2.45, 2.75) is 10.9 Å². The van der Waals surface area contributed by atoms with Gasteiger partial charge in [0.25, 0.3) is 5.56 Å². The van der Waals surface area contributed by atoms with Crippen molar-refractivity contribution in [1.82, 2.24) is 29.3 Å². The van der Waals surface area contributed by atoms with E-state index >= 15 is 0 Å². The first-order valence-electron chi connectivity index (χ1n) is 7.33. The molecule has 0 aliphatic heterocycles. The van der Waals surface area contributed by atoms with E-state index < -0.39 is 0 Å². The maximum absolute atomic E-state index is 12.0. The highest BCUT2D eigenvalue weighted by atomic mass is 32.2. The Hall–Kier alpha value is -2.88. The van der Waals surface area contributed by atoms with E-state index in [-0.39, 0.29) is 11.2 Å². The number of hydrogen-bond donors (Lipinski definition) is 0. The zero-order valence-electron chi connectivity index (χ0n) is 13.9. The molecule has 130 valence electrons. The smallest absolute Gasteiger partial charge is 0.330 e. The monoisotopic (exact) mass is 360 g/mol. The van der Waals surface area contributed by atoms with Crippen molar-refractivity contribution < 1.29 is 4.74 Å². The van der Waals surface area contributed by atoms with E-state index in [9.17, 15) is 9.59 Å². The van der Waals surface area contributed by atoms with E-state index in [0.717, 1.165) is 4.57 Å². The van der Waals surface area contributed by atoms with Crippen LogP contribution in [-0.2, 0) is 19.8 Å². The van der Waals surface area contributed by atoms with Crippen LogP contribution >= 0.6 is 11.8 Å². The second-order valence-electron chi connectivity index (χ2n) is 5.21. The minimum atomic E-state index is -0.368. The normalized spacial score (nSPS) is 10.8. The Morgan fingerprint density at radius 1 is 1.16 bits per heavy atom. The molecule has 0 saturated heterocycles. The molecule has 2 aromatic heterocycles. The molecule has 0 fully saturated rings. The first-order chi connectivity index (χ1) is 12.0. The van der Waals surface area contributed by atoms with Gasteiger partial charge in [-0.15, -0.1) is 5.10 Å². The molecule has 9 nitrogen and oxygen atoms in total. The lowest BCUT2D eigenvalue weighted by atomic mass is 10.3. The second-order valence-corrected chi connectivity index (χ2v) is 6.15. The molecule has 0 radical (unpaired) electrons. The molecule has 0 bridgehead atoms. The van der Waals surface area contributed by atoms with E-state index in [1.54, 1.807) is 18.8 Å². The summed E-state index contributed by atoms with van der Waals surface area (Å²) in [6.07, 6.45) is 0. The van der Waals surface area contributed by atoms with E-state index in [1.165, 1.54) is 29.4 Å². The first-order valence-corrected chi connectivity index (χ1v) is 8.32. The van der Waals surface area contributed by atoms with Gasteiger partial charge in [0.05, 0.1) is 7.11 Å². The fraction of sp³-hybridized carbons (Fsp3) is 0.267. The molecule has 0 saturated carbocycles. The maximum Gasteiger partial charge on any atom is 0.330 e. The van der Waals surface area contributed by atoms with Crippen LogP contribution in [0.3, 0.4) is 0 Å². The molecule has 25 heavy (non-hydrogen) atoms. The minimum Gasteiger partial charge on any atom is -0.494 e. The fourth-order valence-corrected chi connectivity index (χ4v) is 3.19.